The first-order valence-corrected chi connectivity index (χ1v) is 10.4. The lowest BCUT2D eigenvalue weighted by Crippen LogP contribution is -2.51. The minimum Gasteiger partial charge on any atom is -0.339 e. The van der Waals surface area contributed by atoms with Crippen molar-refractivity contribution in [2.45, 2.75) is 6.54 Å². The van der Waals surface area contributed by atoms with E-state index in [9.17, 15) is 14.4 Å². The number of nitrogens with zero attached hydrogens (tertiary/aromatic N) is 4. The molecule has 2 aromatic carbocycles. The molecule has 160 valence electrons. The van der Waals surface area contributed by atoms with Crippen LogP contribution >= 0.6 is 11.6 Å². The SMILES string of the molecule is O=C(CN1CCN(C(=O)Cn2ncc3ccccc3c2=O)CC1)Nc1ccccc1Cl. The molecule has 0 unspecified atom stereocenters. The number of hydrogen-bond donors (Lipinski definition) is 1. The summed E-state index contributed by atoms with van der Waals surface area (Å²) in [6.07, 6.45) is 1.60. The van der Waals surface area contributed by atoms with Crippen LogP contribution in [0.4, 0.5) is 5.69 Å². The highest BCUT2D eigenvalue weighted by Gasteiger charge is 2.23. The van der Waals surface area contributed by atoms with Crippen LogP contribution < -0.4 is 10.9 Å². The molecular formula is C22H22ClN5O3. The van der Waals surface area contributed by atoms with Gasteiger partial charge in [-0.2, -0.15) is 5.10 Å². The van der Waals surface area contributed by atoms with Crippen molar-refractivity contribution in [3.63, 3.8) is 0 Å². The number of benzene rings is 2. The molecule has 2 heterocycles. The monoisotopic (exact) mass is 439 g/mol. The van der Waals surface area contributed by atoms with Gasteiger partial charge in [0.1, 0.15) is 6.54 Å². The number of carbonyl (C=O) groups is 2. The summed E-state index contributed by atoms with van der Waals surface area (Å²) in [4.78, 5) is 41.2. The third-order valence-electron chi connectivity index (χ3n) is 5.29. The zero-order chi connectivity index (χ0) is 21.8. The molecule has 0 aliphatic carbocycles. The van der Waals surface area contributed by atoms with Crippen LogP contribution in [-0.4, -0.2) is 64.1 Å². The van der Waals surface area contributed by atoms with Crippen LogP contribution in [0.5, 0.6) is 0 Å². The van der Waals surface area contributed by atoms with Crippen molar-refractivity contribution < 1.29 is 9.59 Å². The minimum absolute atomic E-state index is 0.101. The highest BCUT2D eigenvalue weighted by atomic mass is 35.5. The quantitative estimate of drug-likeness (QED) is 0.655. The van der Waals surface area contributed by atoms with Crippen LogP contribution in [0.3, 0.4) is 0 Å². The molecule has 1 aromatic heterocycles. The average molecular weight is 440 g/mol. The predicted molar refractivity (Wildman–Crippen MR) is 119 cm³/mol. The van der Waals surface area contributed by atoms with E-state index in [1.165, 1.54) is 4.68 Å². The van der Waals surface area contributed by atoms with Crippen LogP contribution in [0.1, 0.15) is 0 Å². The average Bonchev–Trinajstić information content (AvgIpc) is 2.78. The third kappa shape index (κ3) is 4.92. The topological polar surface area (TPSA) is 87.5 Å². The van der Waals surface area contributed by atoms with E-state index >= 15 is 0 Å². The smallest absolute Gasteiger partial charge is 0.275 e. The summed E-state index contributed by atoms with van der Waals surface area (Å²) < 4.78 is 1.20. The Bertz CT molecular complexity index is 1170. The van der Waals surface area contributed by atoms with Crippen molar-refractivity contribution >= 4 is 39.9 Å². The van der Waals surface area contributed by atoms with E-state index in [-0.39, 0.29) is 30.5 Å². The Morgan fingerprint density at radius 1 is 0.968 bits per heavy atom. The van der Waals surface area contributed by atoms with Crippen molar-refractivity contribution in [2.75, 3.05) is 38.0 Å². The van der Waals surface area contributed by atoms with E-state index in [4.69, 9.17) is 11.6 Å². The Labute approximate surface area is 184 Å². The molecule has 2 amide bonds. The first kappa shape index (κ1) is 21.0. The molecule has 1 saturated heterocycles. The van der Waals surface area contributed by atoms with E-state index in [0.717, 1.165) is 5.39 Å². The molecule has 0 radical (unpaired) electrons. The molecule has 8 nitrogen and oxygen atoms in total. The van der Waals surface area contributed by atoms with E-state index in [0.29, 0.717) is 42.3 Å². The van der Waals surface area contributed by atoms with Gasteiger partial charge in [-0.15, -0.1) is 0 Å². The highest BCUT2D eigenvalue weighted by molar-refractivity contribution is 6.33. The van der Waals surface area contributed by atoms with Gasteiger partial charge in [0.25, 0.3) is 5.56 Å². The lowest BCUT2D eigenvalue weighted by molar-refractivity contribution is -0.134. The van der Waals surface area contributed by atoms with E-state index in [2.05, 4.69) is 10.4 Å². The number of piperazine rings is 1. The summed E-state index contributed by atoms with van der Waals surface area (Å²) >= 11 is 6.07. The zero-order valence-corrected chi connectivity index (χ0v) is 17.6. The number of fused-ring (bicyclic) bond motifs is 1. The van der Waals surface area contributed by atoms with Crippen molar-refractivity contribution in [1.29, 1.82) is 0 Å². The van der Waals surface area contributed by atoms with Gasteiger partial charge in [0.2, 0.25) is 11.8 Å². The normalized spacial score (nSPS) is 14.5. The molecule has 0 spiro atoms. The van der Waals surface area contributed by atoms with E-state index < -0.39 is 0 Å². The Morgan fingerprint density at radius 3 is 2.45 bits per heavy atom. The molecule has 1 fully saturated rings. The summed E-state index contributed by atoms with van der Waals surface area (Å²) in [6.45, 7) is 2.24. The number of rotatable bonds is 5. The van der Waals surface area contributed by atoms with Crippen molar-refractivity contribution in [3.05, 3.63) is 70.1 Å². The number of hydrogen-bond acceptors (Lipinski definition) is 5. The summed E-state index contributed by atoms with van der Waals surface area (Å²) in [6, 6.07) is 14.3. The molecule has 1 N–H and O–H groups in total. The van der Waals surface area contributed by atoms with Gasteiger partial charge in [-0.25, -0.2) is 4.68 Å². The number of anilines is 1. The zero-order valence-electron chi connectivity index (χ0n) is 16.8. The number of nitrogens with one attached hydrogen (secondary N) is 1. The maximum Gasteiger partial charge on any atom is 0.275 e. The Hall–Kier alpha value is -3.23. The molecule has 0 saturated carbocycles. The number of amides is 2. The molecule has 31 heavy (non-hydrogen) atoms. The van der Waals surface area contributed by atoms with Crippen LogP contribution in [-0.2, 0) is 16.1 Å². The van der Waals surface area contributed by atoms with Crippen LogP contribution in [0, 0.1) is 0 Å². The summed E-state index contributed by atoms with van der Waals surface area (Å²) in [5.41, 5.74) is 0.303. The first-order chi connectivity index (χ1) is 15.0. The molecular weight excluding hydrogens is 418 g/mol. The number of para-hydroxylation sites is 1. The van der Waals surface area contributed by atoms with Gasteiger partial charge in [-0.3, -0.25) is 19.3 Å². The Morgan fingerprint density at radius 2 is 1.68 bits per heavy atom. The highest BCUT2D eigenvalue weighted by Crippen LogP contribution is 2.20. The van der Waals surface area contributed by atoms with Crippen molar-refractivity contribution in [2.24, 2.45) is 0 Å². The second-order valence-electron chi connectivity index (χ2n) is 7.38. The molecule has 9 heteroatoms. The molecule has 0 atom stereocenters. The number of carbonyl (C=O) groups excluding carboxylic acids is 2. The molecule has 0 bridgehead atoms. The predicted octanol–water partition coefficient (Wildman–Crippen LogP) is 1.83. The fraction of sp³-hybridized carbons (Fsp3) is 0.273. The Balaban J connectivity index is 1.30. The minimum atomic E-state index is -0.277. The lowest BCUT2D eigenvalue weighted by Gasteiger charge is -2.34. The number of aromatic nitrogens is 2. The summed E-state index contributed by atoms with van der Waals surface area (Å²) in [5.74, 6) is -0.315. The Kier molecular flexibility index (Phi) is 6.29. The van der Waals surface area contributed by atoms with Gasteiger partial charge in [0.15, 0.2) is 0 Å². The maximum absolute atomic E-state index is 12.7. The van der Waals surface area contributed by atoms with Gasteiger partial charge in [-0.05, 0) is 18.2 Å². The van der Waals surface area contributed by atoms with Gasteiger partial charge < -0.3 is 10.2 Å². The molecule has 4 rings (SSSR count). The van der Waals surface area contributed by atoms with Gasteiger partial charge >= 0.3 is 0 Å². The maximum atomic E-state index is 12.7. The molecule has 3 aromatic rings. The molecule has 1 aliphatic rings. The van der Waals surface area contributed by atoms with Crippen LogP contribution in [0.2, 0.25) is 5.02 Å². The summed E-state index contributed by atoms with van der Waals surface area (Å²) in [5, 5.41) is 8.71. The van der Waals surface area contributed by atoms with Gasteiger partial charge in [0.05, 0.1) is 28.8 Å². The first-order valence-electron chi connectivity index (χ1n) is 10.0. The third-order valence-corrected chi connectivity index (χ3v) is 5.62. The largest absolute Gasteiger partial charge is 0.339 e. The second-order valence-corrected chi connectivity index (χ2v) is 7.79. The van der Waals surface area contributed by atoms with Crippen molar-refractivity contribution in [3.8, 4) is 0 Å². The van der Waals surface area contributed by atoms with E-state index in [1.807, 2.05) is 23.1 Å². The summed E-state index contributed by atoms with van der Waals surface area (Å²) in [7, 11) is 0. The fourth-order valence-corrected chi connectivity index (χ4v) is 3.76. The van der Waals surface area contributed by atoms with Crippen molar-refractivity contribution in [1.82, 2.24) is 19.6 Å². The second kappa shape index (κ2) is 9.28. The lowest BCUT2D eigenvalue weighted by atomic mass is 10.2. The fourth-order valence-electron chi connectivity index (χ4n) is 3.58. The number of halogens is 1. The van der Waals surface area contributed by atoms with E-state index in [1.54, 1.807) is 41.4 Å². The van der Waals surface area contributed by atoms with Gasteiger partial charge in [-0.1, -0.05) is 41.9 Å². The van der Waals surface area contributed by atoms with Crippen LogP contribution in [0.15, 0.2) is 59.5 Å². The standard InChI is InChI=1S/C22H22ClN5O3/c23-18-7-3-4-8-19(18)25-20(29)14-26-9-11-27(12-10-26)21(30)15-28-22(31)17-6-2-1-5-16(17)13-24-28/h1-8,13H,9-12,14-15H2,(H,25,29). The molecule has 1 aliphatic heterocycles. The van der Waals surface area contributed by atoms with Gasteiger partial charge in [0, 0.05) is 31.6 Å². The van der Waals surface area contributed by atoms with Crippen LogP contribution in [0.25, 0.3) is 10.8 Å².